The van der Waals surface area contributed by atoms with Gasteiger partial charge in [-0.05, 0) is 56.2 Å². The van der Waals surface area contributed by atoms with Crippen LogP contribution in [0.4, 0.5) is 11.4 Å². The van der Waals surface area contributed by atoms with Gasteiger partial charge < -0.3 is 10.6 Å². The Bertz CT molecular complexity index is 464. The summed E-state index contributed by atoms with van der Waals surface area (Å²) in [4.78, 5) is 11.8. The molecule has 1 aromatic carbocycles. The number of carbonyl (C=O) groups excluding carboxylic acids is 1. The summed E-state index contributed by atoms with van der Waals surface area (Å²) in [6, 6.07) is 8.67. The maximum Gasteiger partial charge on any atom is 0.227 e. The minimum Gasteiger partial charge on any atom is -0.382 e. The van der Waals surface area contributed by atoms with E-state index in [0.29, 0.717) is 6.04 Å². The Kier molecular flexibility index (Phi) is 3.45. The summed E-state index contributed by atoms with van der Waals surface area (Å²) >= 11 is 0. The second-order valence-electron chi connectivity index (χ2n) is 5.84. The SMILES string of the molecule is CCC(Nc1cccc(NC(=O)C2CC2)c1)C1CC1. The third-order valence-corrected chi connectivity index (χ3v) is 4.06. The van der Waals surface area contributed by atoms with Gasteiger partial charge in [0, 0.05) is 23.3 Å². The minimum absolute atomic E-state index is 0.173. The summed E-state index contributed by atoms with van der Waals surface area (Å²) in [6.07, 6.45) is 5.95. The molecule has 1 aromatic rings. The molecule has 3 nitrogen and oxygen atoms in total. The van der Waals surface area contributed by atoms with Gasteiger partial charge in [0.25, 0.3) is 0 Å². The molecule has 0 radical (unpaired) electrons. The molecule has 2 saturated carbocycles. The van der Waals surface area contributed by atoms with E-state index in [9.17, 15) is 4.79 Å². The second-order valence-corrected chi connectivity index (χ2v) is 5.84. The van der Waals surface area contributed by atoms with Gasteiger partial charge in [-0.1, -0.05) is 13.0 Å². The maximum absolute atomic E-state index is 11.8. The van der Waals surface area contributed by atoms with Crippen LogP contribution in [0.25, 0.3) is 0 Å². The molecule has 2 N–H and O–H groups in total. The first-order chi connectivity index (χ1) is 9.26. The Balaban J connectivity index is 1.63. The first-order valence-corrected chi connectivity index (χ1v) is 7.43. The lowest BCUT2D eigenvalue weighted by atomic mass is 10.1. The molecule has 3 heteroatoms. The molecule has 0 spiro atoms. The highest BCUT2D eigenvalue weighted by Crippen LogP contribution is 2.36. The van der Waals surface area contributed by atoms with Gasteiger partial charge in [-0.15, -0.1) is 0 Å². The van der Waals surface area contributed by atoms with Crippen molar-refractivity contribution in [2.24, 2.45) is 11.8 Å². The molecule has 2 fully saturated rings. The summed E-state index contributed by atoms with van der Waals surface area (Å²) in [7, 11) is 0. The molecule has 0 heterocycles. The Morgan fingerprint density at radius 3 is 2.63 bits per heavy atom. The lowest BCUT2D eigenvalue weighted by molar-refractivity contribution is -0.117. The molecule has 19 heavy (non-hydrogen) atoms. The summed E-state index contributed by atoms with van der Waals surface area (Å²) in [5.41, 5.74) is 2.03. The van der Waals surface area contributed by atoms with E-state index < -0.39 is 0 Å². The van der Waals surface area contributed by atoms with E-state index in [2.05, 4.69) is 23.6 Å². The maximum atomic E-state index is 11.8. The molecule has 0 bridgehead atoms. The van der Waals surface area contributed by atoms with Gasteiger partial charge in [-0.3, -0.25) is 4.79 Å². The summed E-state index contributed by atoms with van der Waals surface area (Å²) in [6.45, 7) is 2.23. The minimum atomic E-state index is 0.173. The molecule has 1 atom stereocenters. The topological polar surface area (TPSA) is 41.1 Å². The van der Waals surface area contributed by atoms with Gasteiger partial charge >= 0.3 is 0 Å². The molecule has 102 valence electrons. The van der Waals surface area contributed by atoms with E-state index in [0.717, 1.165) is 36.6 Å². The lowest BCUT2D eigenvalue weighted by Gasteiger charge is -2.18. The van der Waals surface area contributed by atoms with E-state index in [4.69, 9.17) is 0 Å². The molecule has 3 rings (SSSR count). The molecule has 0 aromatic heterocycles. The predicted octanol–water partition coefficient (Wildman–Crippen LogP) is 3.64. The van der Waals surface area contributed by atoms with E-state index >= 15 is 0 Å². The van der Waals surface area contributed by atoms with Crippen LogP contribution in [0.1, 0.15) is 39.0 Å². The van der Waals surface area contributed by atoms with Gasteiger partial charge in [-0.2, -0.15) is 0 Å². The average molecular weight is 258 g/mol. The Hall–Kier alpha value is -1.51. The van der Waals surface area contributed by atoms with Crippen LogP contribution in [0.15, 0.2) is 24.3 Å². The number of carbonyl (C=O) groups is 1. The van der Waals surface area contributed by atoms with Crippen LogP contribution in [-0.2, 0) is 4.79 Å². The van der Waals surface area contributed by atoms with Crippen molar-refractivity contribution >= 4 is 17.3 Å². The third kappa shape index (κ3) is 3.28. The highest BCUT2D eigenvalue weighted by atomic mass is 16.2. The fraction of sp³-hybridized carbons (Fsp3) is 0.562. The molecule has 1 amide bonds. The highest BCUT2D eigenvalue weighted by Gasteiger charge is 2.30. The van der Waals surface area contributed by atoms with Crippen molar-refractivity contribution in [1.82, 2.24) is 0 Å². The number of rotatable bonds is 6. The molecule has 1 unspecified atom stereocenters. The van der Waals surface area contributed by atoms with Crippen molar-refractivity contribution < 1.29 is 4.79 Å². The molecule has 2 aliphatic rings. The summed E-state index contributed by atoms with van der Waals surface area (Å²) in [5, 5.41) is 6.60. The number of amides is 1. The largest absolute Gasteiger partial charge is 0.382 e. The lowest BCUT2D eigenvalue weighted by Crippen LogP contribution is -2.20. The number of hydrogen-bond acceptors (Lipinski definition) is 2. The van der Waals surface area contributed by atoms with Crippen LogP contribution in [0.3, 0.4) is 0 Å². The Morgan fingerprint density at radius 1 is 1.26 bits per heavy atom. The van der Waals surface area contributed by atoms with Gasteiger partial charge in [0.1, 0.15) is 0 Å². The van der Waals surface area contributed by atoms with Crippen LogP contribution in [0, 0.1) is 11.8 Å². The molecule has 0 saturated heterocycles. The molecular weight excluding hydrogens is 236 g/mol. The molecular formula is C16H22N2O. The highest BCUT2D eigenvalue weighted by molar-refractivity contribution is 5.94. The zero-order valence-corrected chi connectivity index (χ0v) is 11.5. The standard InChI is InChI=1S/C16H22N2O/c1-2-15(11-6-7-11)17-13-4-3-5-14(10-13)18-16(19)12-8-9-12/h3-5,10-12,15,17H,2,6-9H2,1H3,(H,18,19). The van der Waals surface area contributed by atoms with Crippen molar-refractivity contribution in [1.29, 1.82) is 0 Å². The third-order valence-electron chi connectivity index (χ3n) is 4.06. The fourth-order valence-electron chi connectivity index (χ4n) is 2.54. The van der Waals surface area contributed by atoms with Crippen LogP contribution < -0.4 is 10.6 Å². The van der Waals surface area contributed by atoms with Gasteiger partial charge in [0.05, 0.1) is 0 Å². The Labute approximate surface area is 114 Å². The monoisotopic (exact) mass is 258 g/mol. The van der Waals surface area contributed by atoms with Crippen molar-refractivity contribution in [3.8, 4) is 0 Å². The Morgan fingerprint density at radius 2 is 2.00 bits per heavy atom. The van der Waals surface area contributed by atoms with Crippen molar-refractivity contribution in [3.05, 3.63) is 24.3 Å². The smallest absolute Gasteiger partial charge is 0.227 e. The van der Waals surface area contributed by atoms with Gasteiger partial charge in [0.15, 0.2) is 0 Å². The van der Waals surface area contributed by atoms with Crippen molar-refractivity contribution in [2.75, 3.05) is 10.6 Å². The number of benzene rings is 1. The van der Waals surface area contributed by atoms with Crippen molar-refractivity contribution in [2.45, 2.75) is 45.1 Å². The first kappa shape index (κ1) is 12.5. The summed E-state index contributed by atoms with van der Waals surface area (Å²) in [5.74, 6) is 1.27. The first-order valence-electron chi connectivity index (χ1n) is 7.43. The van der Waals surface area contributed by atoms with E-state index in [1.807, 2.05) is 18.2 Å². The van der Waals surface area contributed by atoms with E-state index in [1.54, 1.807) is 0 Å². The van der Waals surface area contributed by atoms with E-state index in [1.165, 1.54) is 12.8 Å². The van der Waals surface area contributed by atoms with E-state index in [-0.39, 0.29) is 11.8 Å². The van der Waals surface area contributed by atoms with Crippen LogP contribution in [-0.4, -0.2) is 11.9 Å². The number of nitrogens with one attached hydrogen (secondary N) is 2. The van der Waals surface area contributed by atoms with Crippen LogP contribution >= 0.6 is 0 Å². The zero-order chi connectivity index (χ0) is 13.2. The molecule has 2 aliphatic carbocycles. The van der Waals surface area contributed by atoms with Gasteiger partial charge in [0.2, 0.25) is 5.91 Å². The predicted molar refractivity (Wildman–Crippen MR) is 78.2 cm³/mol. The molecule has 0 aliphatic heterocycles. The quantitative estimate of drug-likeness (QED) is 0.818. The number of hydrogen-bond donors (Lipinski definition) is 2. The fourth-order valence-corrected chi connectivity index (χ4v) is 2.54. The zero-order valence-electron chi connectivity index (χ0n) is 11.5. The van der Waals surface area contributed by atoms with Crippen LogP contribution in [0.5, 0.6) is 0 Å². The summed E-state index contributed by atoms with van der Waals surface area (Å²) < 4.78 is 0. The second kappa shape index (κ2) is 5.24. The average Bonchev–Trinajstić information content (AvgIpc) is 3.30. The normalized spacial score (nSPS) is 19.8. The van der Waals surface area contributed by atoms with Crippen molar-refractivity contribution in [3.63, 3.8) is 0 Å². The number of anilines is 2. The van der Waals surface area contributed by atoms with Crippen LogP contribution in [0.2, 0.25) is 0 Å². The van der Waals surface area contributed by atoms with Gasteiger partial charge in [-0.25, -0.2) is 0 Å².